The Morgan fingerprint density at radius 3 is 2.51 bits per heavy atom. The van der Waals surface area contributed by atoms with Gasteiger partial charge in [0.15, 0.2) is 0 Å². The van der Waals surface area contributed by atoms with Gasteiger partial charge in [-0.3, -0.25) is 4.79 Å². The van der Waals surface area contributed by atoms with E-state index in [1.807, 2.05) is 0 Å². The van der Waals surface area contributed by atoms with E-state index in [1.165, 1.54) is 25.3 Å². The van der Waals surface area contributed by atoms with E-state index in [0.29, 0.717) is 52.6 Å². The second kappa shape index (κ2) is 11.4. The number of benzene rings is 2. The molecule has 0 aliphatic carbocycles. The number of alkyl carbamates (subject to hydrolysis) is 1. The third-order valence-electron chi connectivity index (χ3n) is 6.17. The normalized spacial score (nSPS) is 15.4. The van der Waals surface area contributed by atoms with Crippen LogP contribution in [-0.2, 0) is 4.74 Å². The van der Waals surface area contributed by atoms with Crippen molar-refractivity contribution in [1.82, 2.24) is 10.2 Å². The van der Waals surface area contributed by atoms with Crippen LogP contribution in [0, 0.1) is 18.2 Å². The van der Waals surface area contributed by atoms with E-state index >= 15 is 4.39 Å². The molecule has 3 aromatic rings. The van der Waals surface area contributed by atoms with Crippen LogP contribution in [-0.4, -0.2) is 48.7 Å². The molecule has 7 nitrogen and oxygen atoms in total. The number of carbonyl (C=O) groups is 2. The lowest BCUT2D eigenvalue weighted by molar-refractivity contribution is 0.0453. The lowest BCUT2D eigenvalue weighted by Gasteiger charge is -2.33. The van der Waals surface area contributed by atoms with Crippen LogP contribution in [0.1, 0.15) is 43.3 Å². The minimum absolute atomic E-state index is 0.126. The molecule has 2 aromatic carbocycles. The second-order valence-electron chi connectivity index (χ2n) is 10.2. The summed E-state index contributed by atoms with van der Waals surface area (Å²) >= 11 is 1.11. The number of halogens is 2. The number of rotatable bonds is 5. The van der Waals surface area contributed by atoms with Crippen molar-refractivity contribution in [3.8, 4) is 27.3 Å². The number of methoxy groups -OCH3 is 1. The van der Waals surface area contributed by atoms with Gasteiger partial charge in [-0.15, -0.1) is 11.3 Å². The van der Waals surface area contributed by atoms with Gasteiger partial charge in [0.25, 0.3) is 5.91 Å². The van der Waals surface area contributed by atoms with E-state index < -0.39 is 23.3 Å². The Bertz CT molecular complexity index is 1440. The summed E-state index contributed by atoms with van der Waals surface area (Å²) in [5.74, 6) is -1.17. The number of hydrogen-bond donors (Lipinski definition) is 1. The first kappa shape index (κ1) is 28.0. The zero-order valence-electron chi connectivity index (χ0n) is 22.1. The summed E-state index contributed by atoms with van der Waals surface area (Å²) in [6.45, 7) is 13.3. The first-order valence-corrected chi connectivity index (χ1v) is 13.2. The second-order valence-corrected chi connectivity index (χ2v) is 11.3. The number of carbonyl (C=O) groups excluding carboxylic acids is 2. The zero-order valence-corrected chi connectivity index (χ0v) is 23.0. The average molecular weight is 554 g/mol. The van der Waals surface area contributed by atoms with Gasteiger partial charge in [-0.1, -0.05) is 12.1 Å². The maximum Gasteiger partial charge on any atom is 0.407 e. The molecule has 1 aliphatic heterocycles. The predicted octanol–water partition coefficient (Wildman–Crippen LogP) is 7.05. The number of nitrogens with zero attached hydrogens (tertiary/aromatic N) is 2. The lowest BCUT2D eigenvalue weighted by Crippen LogP contribution is -2.50. The van der Waals surface area contributed by atoms with Gasteiger partial charge in [0.2, 0.25) is 5.69 Å². The molecule has 1 atom stereocenters. The minimum Gasteiger partial charge on any atom is -0.497 e. The summed E-state index contributed by atoms with van der Waals surface area (Å²) in [5.41, 5.74) is 0.375. The molecule has 1 N–H and O–H groups in total. The van der Waals surface area contributed by atoms with Crippen molar-refractivity contribution in [3.05, 3.63) is 70.4 Å². The van der Waals surface area contributed by atoms with Crippen molar-refractivity contribution in [3.63, 3.8) is 0 Å². The van der Waals surface area contributed by atoms with Gasteiger partial charge in [0.1, 0.15) is 23.0 Å². The van der Waals surface area contributed by atoms with Gasteiger partial charge in [0.05, 0.1) is 18.6 Å². The maximum absolute atomic E-state index is 15.1. The van der Waals surface area contributed by atoms with Crippen LogP contribution < -0.4 is 10.1 Å². The van der Waals surface area contributed by atoms with Crippen molar-refractivity contribution < 1.29 is 27.8 Å². The molecule has 4 rings (SSSR count). The summed E-state index contributed by atoms with van der Waals surface area (Å²) < 4.78 is 40.1. The molecule has 10 heteroatoms. The number of ether oxygens (including phenoxy) is 2. The fourth-order valence-electron chi connectivity index (χ4n) is 4.39. The van der Waals surface area contributed by atoms with Crippen LogP contribution in [0.25, 0.3) is 26.4 Å². The fraction of sp³-hybridized carbons (Fsp3) is 0.345. The summed E-state index contributed by atoms with van der Waals surface area (Å²) in [7, 11) is 1.44. The SMILES string of the molecule is [C-]#[N+]c1ccc(-c2cc(C(=O)N3CCC[C@@H](NC(=O)OC(C)(C)C)C3)sc2-c2ccc(OC)cc2F)cc1F. The number of nitrogens with one attached hydrogen (secondary N) is 1. The van der Waals surface area contributed by atoms with Crippen LogP contribution in [0.2, 0.25) is 0 Å². The Hall–Kier alpha value is -3.97. The number of thiophene rings is 1. The van der Waals surface area contributed by atoms with Crippen LogP contribution in [0.5, 0.6) is 5.75 Å². The summed E-state index contributed by atoms with van der Waals surface area (Å²) in [4.78, 5) is 31.5. The molecule has 0 saturated carbocycles. The quantitative estimate of drug-likeness (QED) is 0.344. The molecule has 2 amide bonds. The van der Waals surface area contributed by atoms with Crippen LogP contribution in [0.3, 0.4) is 0 Å². The third-order valence-corrected chi connectivity index (χ3v) is 7.33. The molecule has 204 valence electrons. The molecule has 0 bridgehead atoms. The highest BCUT2D eigenvalue weighted by molar-refractivity contribution is 7.18. The first-order valence-electron chi connectivity index (χ1n) is 12.4. The van der Waals surface area contributed by atoms with E-state index in [-0.39, 0.29) is 23.2 Å². The number of hydrogen-bond acceptors (Lipinski definition) is 5. The molecule has 1 saturated heterocycles. The first-order chi connectivity index (χ1) is 18.5. The highest BCUT2D eigenvalue weighted by Gasteiger charge is 2.29. The van der Waals surface area contributed by atoms with E-state index in [9.17, 15) is 14.0 Å². The zero-order chi connectivity index (χ0) is 28.3. The molecular weight excluding hydrogens is 524 g/mol. The van der Waals surface area contributed by atoms with Crippen LogP contribution in [0.15, 0.2) is 42.5 Å². The summed E-state index contributed by atoms with van der Waals surface area (Å²) in [5, 5.41) is 2.84. The Morgan fingerprint density at radius 1 is 1.10 bits per heavy atom. The van der Waals surface area contributed by atoms with Gasteiger partial charge in [0, 0.05) is 41.2 Å². The lowest BCUT2D eigenvalue weighted by atomic mass is 10.0. The predicted molar refractivity (Wildman–Crippen MR) is 146 cm³/mol. The topological polar surface area (TPSA) is 72.2 Å². The Kier molecular flexibility index (Phi) is 8.21. The molecule has 39 heavy (non-hydrogen) atoms. The highest BCUT2D eigenvalue weighted by atomic mass is 32.1. The van der Waals surface area contributed by atoms with E-state index in [4.69, 9.17) is 16.0 Å². The molecular formula is C29H29F2N3O4S. The third kappa shape index (κ3) is 6.55. The Balaban J connectivity index is 1.67. The molecule has 1 fully saturated rings. The van der Waals surface area contributed by atoms with E-state index in [1.54, 1.807) is 49.9 Å². The molecule has 0 spiro atoms. The molecule has 0 radical (unpaired) electrons. The van der Waals surface area contributed by atoms with Gasteiger partial charge < -0.3 is 19.7 Å². The smallest absolute Gasteiger partial charge is 0.407 e. The number of piperidine rings is 1. The molecule has 1 aliphatic rings. The average Bonchev–Trinajstić information content (AvgIpc) is 3.32. The van der Waals surface area contributed by atoms with Gasteiger partial charge >= 0.3 is 6.09 Å². The largest absolute Gasteiger partial charge is 0.497 e. The van der Waals surface area contributed by atoms with Gasteiger partial charge in [-0.05, 0) is 63.4 Å². The number of likely N-dealkylation sites (tertiary alicyclic amines) is 1. The van der Waals surface area contributed by atoms with Gasteiger partial charge in [-0.25, -0.2) is 18.4 Å². The van der Waals surface area contributed by atoms with Crippen molar-refractivity contribution in [1.29, 1.82) is 0 Å². The summed E-state index contributed by atoms with van der Waals surface area (Å²) in [6, 6.07) is 9.94. The highest BCUT2D eigenvalue weighted by Crippen LogP contribution is 2.42. The Labute approximate surface area is 230 Å². The maximum atomic E-state index is 15.1. The summed E-state index contributed by atoms with van der Waals surface area (Å²) in [6.07, 6.45) is 0.851. The van der Waals surface area contributed by atoms with Crippen LogP contribution >= 0.6 is 11.3 Å². The van der Waals surface area contributed by atoms with Crippen molar-refractivity contribution in [2.24, 2.45) is 0 Å². The van der Waals surface area contributed by atoms with Crippen molar-refractivity contribution in [2.45, 2.75) is 45.3 Å². The Morgan fingerprint density at radius 2 is 1.87 bits per heavy atom. The van der Waals surface area contributed by atoms with Crippen molar-refractivity contribution in [2.75, 3.05) is 20.2 Å². The van der Waals surface area contributed by atoms with Gasteiger partial charge in [-0.2, -0.15) is 0 Å². The van der Waals surface area contributed by atoms with Crippen molar-refractivity contribution >= 4 is 29.0 Å². The van der Waals surface area contributed by atoms with E-state index in [0.717, 1.165) is 11.3 Å². The minimum atomic E-state index is -0.699. The van der Waals surface area contributed by atoms with Crippen LogP contribution in [0.4, 0.5) is 19.3 Å². The molecule has 2 heterocycles. The fourth-order valence-corrected chi connectivity index (χ4v) is 5.57. The standard InChI is InChI=1S/C29H29F2N3O4S/c1-29(2,3)38-28(36)33-18-7-6-12-34(16-18)27(35)25-15-21(17-8-11-24(32-4)23(31)13-17)26(39-25)20-10-9-19(37-5)14-22(20)30/h8-11,13-15,18H,6-7,12,16H2,1-3,5H3,(H,33,36)/t18-/m1/s1. The van der Waals surface area contributed by atoms with E-state index in [2.05, 4.69) is 10.2 Å². The molecule has 0 unspecified atom stereocenters. The number of amides is 2. The monoisotopic (exact) mass is 553 g/mol. The molecule has 1 aromatic heterocycles.